The predicted octanol–water partition coefficient (Wildman–Crippen LogP) is 7.88. The van der Waals surface area contributed by atoms with Gasteiger partial charge in [-0.05, 0) is 36.4 Å². The number of carbonyl (C=O) groups excluding carboxylic acids is 3. The first kappa shape index (κ1) is 23.1. The molecule has 0 aliphatic carbocycles. The van der Waals surface area contributed by atoms with Crippen molar-refractivity contribution in [1.29, 1.82) is 0 Å². The fourth-order valence-electron chi connectivity index (χ4n) is 2.77. The first-order valence-corrected chi connectivity index (χ1v) is 10.4. The van der Waals surface area contributed by atoms with E-state index in [1.165, 1.54) is 36.4 Å². The molecule has 3 aromatic rings. The summed E-state index contributed by atoms with van der Waals surface area (Å²) >= 11 is 36.7. The molecule has 0 unspecified atom stereocenters. The molecule has 0 saturated carbocycles. The van der Waals surface area contributed by atoms with Gasteiger partial charge in [-0.2, -0.15) is 0 Å². The predicted molar refractivity (Wildman–Crippen MR) is 122 cm³/mol. The summed E-state index contributed by atoms with van der Waals surface area (Å²) in [5, 5.41) is 0.130. The minimum absolute atomic E-state index is 0.000733. The summed E-state index contributed by atoms with van der Waals surface area (Å²) in [6.07, 6.45) is 0.401. The number of carbonyl (C=O) groups is 3. The number of benzene rings is 3. The summed E-state index contributed by atoms with van der Waals surface area (Å²) in [6.45, 7) is 0. The fourth-order valence-corrected chi connectivity index (χ4v) is 4.16. The molecule has 0 aromatic heterocycles. The van der Waals surface area contributed by atoms with E-state index in [1.54, 1.807) is 6.07 Å². The van der Waals surface area contributed by atoms with Crippen molar-refractivity contribution in [1.82, 2.24) is 0 Å². The Bertz CT molecular complexity index is 1200. The molecule has 0 bridgehead atoms. The van der Waals surface area contributed by atoms with Crippen LogP contribution in [0.2, 0.25) is 30.1 Å². The molecule has 0 amide bonds. The Hall–Kier alpha value is -1.59. The number of hydrogen-bond acceptors (Lipinski definition) is 3. The van der Waals surface area contributed by atoms with Crippen molar-refractivity contribution in [3.63, 3.8) is 0 Å². The molecule has 0 saturated heterocycles. The van der Waals surface area contributed by atoms with Crippen LogP contribution in [0.25, 0.3) is 0 Å². The van der Waals surface area contributed by atoms with Crippen LogP contribution in [0.3, 0.4) is 0 Å². The normalized spacial score (nSPS) is 10.7. The van der Waals surface area contributed by atoms with E-state index in [2.05, 4.69) is 0 Å². The summed E-state index contributed by atoms with van der Waals surface area (Å²) in [5.74, 6) is -1.26. The molecule has 0 atom stereocenters. The standard InChI is InChI=1S/C21H8Cl6O3/c22-12-5-4-9(7-15(12)25)20(29)16-10(8-28)6-11(18(26)19(16)27)21(30)17-13(23)2-1-3-14(17)24/h1-8H. The second-order valence-corrected chi connectivity index (χ2v) is 8.40. The highest BCUT2D eigenvalue weighted by atomic mass is 35.5. The second kappa shape index (κ2) is 9.27. The van der Waals surface area contributed by atoms with Crippen molar-refractivity contribution in [3.8, 4) is 0 Å². The Morgan fingerprint density at radius 3 is 1.87 bits per heavy atom. The van der Waals surface area contributed by atoms with E-state index in [4.69, 9.17) is 69.6 Å². The fraction of sp³-hybridized carbons (Fsp3) is 0. The third-order valence-electron chi connectivity index (χ3n) is 4.21. The summed E-state index contributed by atoms with van der Waals surface area (Å²) in [7, 11) is 0. The van der Waals surface area contributed by atoms with Gasteiger partial charge in [0.2, 0.25) is 0 Å². The third-order valence-corrected chi connectivity index (χ3v) is 6.44. The first-order valence-electron chi connectivity index (χ1n) is 8.13. The van der Waals surface area contributed by atoms with Crippen LogP contribution >= 0.6 is 69.6 Å². The average molecular weight is 521 g/mol. The number of ketones is 2. The summed E-state index contributed by atoms with van der Waals surface area (Å²) < 4.78 is 0. The van der Waals surface area contributed by atoms with E-state index in [0.717, 1.165) is 0 Å². The minimum Gasteiger partial charge on any atom is -0.298 e. The number of hydrogen-bond donors (Lipinski definition) is 0. The molecule has 9 heteroatoms. The lowest BCUT2D eigenvalue weighted by Crippen LogP contribution is -2.11. The van der Waals surface area contributed by atoms with E-state index >= 15 is 0 Å². The molecule has 0 aliphatic heterocycles. The molecular formula is C21H8Cl6O3. The number of halogens is 6. The molecule has 3 nitrogen and oxygen atoms in total. The van der Waals surface area contributed by atoms with Gasteiger partial charge < -0.3 is 0 Å². The van der Waals surface area contributed by atoms with Crippen LogP contribution in [0.4, 0.5) is 0 Å². The van der Waals surface area contributed by atoms with Crippen molar-refractivity contribution in [3.05, 3.63) is 100 Å². The van der Waals surface area contributed by atoms with Crippen LogP contribution < -0.4 is 0 Å². The van der Waals surface area contributed by atoms with Crippen LogP contribution in [-0.4, -0.2) is 17.9 Å². The van der Waals surface area contributed by atoms with Gasteiger partial charge in [-0.1, -0.05) is 75.7 Å². The summed E-state index contributed by atoms with van der Waals surface area (Å²) in [6, 6.07) is 9.92. The Morgan fingerprint density at radius 1 is 0.667 bits per heavy atom. The van der Waals surface area contributed by atoms with Gasteiger partial charge in [-0.3, -0.25) is 14.4 Å². The highest BCUT2D eigenvalue weighted by Crippen LogP contribution is 2.37. The molecule has 152 valence electrons. The van der Waals surface area contributed by atoms with Gasteiger partial charge in [0.15, 0.2) is 17.9 Å². The van der Waals surface area contributed by atoms with Gasteiger partial charge in [0.1, 0.15) is 0 Å². The van der Waals surface area contributed by atoms with Crippen LogP contribution in [-0.2, 0) is 0 Å². The lowest BCUT2D eigenvalue weighted by molar-refractivity contribution is 0.102. The lowest BCUT2D eigenvalue weighted by Gasteiger charge is -2.14. The first-order chi connectivity index (χ1) is 14.2. The van der Waals surface area contributed by atoms with E-state index in [9.17, 15) is 14.4 Å². The maximum atomic E-state index is 13.0. The molecule has 3 aromatic carbocycles. The molecular weight excluding hydrogens is 513 g/mol. The Kier molecular flexibility index (Phi) is 7.13. The molecule has 3 rings (SSSR count). The van der Waals surface area contributed by atoms with Gasteiger partial charge >= 0.3 is 0 Å². The second-order valence-electron chi connectivity index (χ2n) is 6.02. The van der Waals surface area contributed by atoms with E-state index in [1.807, 2.05) is 0 Å². The van der Waals surface area contributed by atoms with Crippen molar-refractivity contribution in [2.45, 2.75) is 0 Å². The van der Waals surface area contributed by atoms with Gasteiger partial charge in [-0.15, -0.1) is 0 Å². The van der Waals surface area contributed by atoms with Crippen LogP contribution in [0, 0.1) is 0 Å². The van der Waals surface area contributed by atoms with Gasteiger partial charge in [0.25, 0.3) is 0 Å². The SMILES string of the molecule is O=Cc1cc(C(=O)c2c(Cl)cccc2Cl)c(Cl)c(Cl)c1C(=O)c1ccc(Cl)c(Cl)c1. The van der Waals surface area contributed by atoms with Crippen molar-refractivity contribution in [2.24, 2.45) is 0 Å². The number of aldehydes is 1. The smallest absolute Gasteiger partial charge is 0.197 e. The maximum absolute atomic E-state index is 13.0. The van der Waals surface area contributed by atoms with E-state index in [-0.39, 0.29) is 58.0 Å². The maximum Gasteiger partial charge on any atom is 0.197 e. The van der Waals surface area contributed by atoms with Crippen LogP contribution in [0.5, 0.6) is 0 Å². The molecule has 30 heavy (non-hydrogen) atoms. The van der Waals surface area contributed by atoms with Crippen LogP contribution in [0.15, 0.2) is 42.5 Å². The molecule has 0 heterocycles. The molecule has 0 N–H and O–H groups in total. The van der Waals surface area contributed by atoms with Gasteiger partial charge in [0.05, 0.1) is 41.3 Å². The largest absolute Gasteiger partial charge is 0.298 e. The lowest BCUT2D eigenvalue weighted by atomic mass is 9.94. The quantitative estimate of drug-likeness (QED) is 0.254. The highest BCUT2D eigenvalue weighted by molar-refractivity contribution is 6.48. The van der Waals surface area contributed by atoms with E-state index < -0.39 is 11.6 Å². The Balaban J connectivity index is 2.18. The average Bonchev–Trinajstić information content (AvgIpc) is 2.71. The van der Waals surface area contributed by atoms with Crippen molar-refractivity contribution >= 4 is 87.5 Å². The van der Waals surface area contributed by atoms with Crippen molar-refractivity contribution < 1.29 is 14.4 Å². The Labute approximate surface area is 201 Å². The zero-order valence-electron chi connectivity index (χ0n) is 14.6. The zero-order valence-corrected chi connectivity index (χ0v) is 19.1. The molecule has 0 fully saturated rings. The summed E-state index contributed by atoms with van der Waals surface area (Å²) in [5.41, 5.74) is -0.286. The number of rotatable bonds is 5. The minimum atomic E-state index is -0.644. The monoisotopic (exact) mass is 518 g/mol. The highest BCUT2D eigenvalue weighted by Gasteiger charge is 2.27. The van der Waals surface area contributed by atoms with E-state index in [0.29, 0.717) is 6.29 Å². The molecule has 0 radical (unpaired) electrons. The van der Waals surface area contributed by atoms with Gasteiger partial charge in [-0.25, -0.2) is 0 Å². The molecule has 0 spiro atoms. The van der Waals surface area contributed by atoms with Crippen molar-refractivity contribution in [2.75, 3.05) is 0 Å². The third kappa shape index (κ3) is 4.24. The summed E-state index contributed by atoms with van der Waals surface area (Å²) in [4.78, 5) is 37.7. The zero-order chi connectivity index (χ0) is 22.2. The Morgan fingerprint density at radius 2 is 1.30 bits per heavy atom. The van der Waals surface area contributed by atoms with Gasteiger partial charge in [0, 0.05) is 16.7 Å². The molecule has 0 aliphatic rings. The topological polar surface area (TPSA) is 51.2 Å². The van der Waals surface area contributed by atoms with Crippen LogP contribution in [0.1, 0.15) is 42.2 Å².